The zero-order valence-electron chi connectivity index (χ0n) is 70.7. The van der Waals surface area contributed by atoms with Gasteiger partial charge in [-0.25, -0.2) is 19.2 Å². The van der Waals surface area contributed by atoms with Crippen molar-refractivity contribution < 1.29 is 93.0 Å². The molecule has 121 heavy (non-hydrogen) atoms. The van der Waals surface area contributed by atoms with Crippen LogP contribution in [-0.4, -0.2) is 84.2 Å². The number of carbonyl (C=O) groups is 5. The fourth-order valence-corrected chi connectivity index (χ4v) is 9.01. The maximum atomic E-state index is 12.2. The van der Waals surface area contributed by atoms with Crippen molar-refractivity contribution in [3.63, 3.8) is 0 Å². The van der Waals surface area contributed by atoms with Gasteiger partial charge in [-0.1, -0.05) is 88.0 Å². The van der Waals surface area contributed by atoms with Crippen LogP contribution >= 0.6 is 215 Å². The van der Waals surface area contributed by atoms with Crippen LogP contribution in [0.3, 0.4) is 0 Å². The average Bonchev–Trinajstić information content (AvgIpc) is 0.854. The summed E-state index contributed by atoms with van der Waals surface area (Å²) in [6.07, 6.45) is 4.26. The molecular formula is C82H87Cl5I9N13O10V2-. The Balaban J connectivity index is 0. The number of aryl methyl sites for hydroxylation is 6. The number of ether oxygens (including phenoxy) is 3. The number of halogens is 14. The second-order valence-corrected chi connectivity index (χ2v) is 76.3. The molecule has 9 aromatic carbocycles. The van der Waals surface area contributed by atoms with Crippen LogP contribution in [0.1, 0.15) is 70.0 Å². The first-order valence-electron chi connectivity index (χ1n) is 36.2. The Morgan fingerprint density at radius 1 is 0.455 bits per heavy atom. The van der Waals surface area contributed by atoms with Crippen LogP contribution < -0.4 is 81.5 Å². The Hall–Kier alpha value is -4.60. The summed E-state index contributed by atoms with van der Waals surface area (Å²) < 4.78 is 57.5. The number of isocyanates is 1. The molecule has 1 radical (unpaired) electrons. The number of nitrogens with two attached hydrogens (primary N) is 2. The first-order valence-corrected chi connectivity index (χ1v) is 69.6. The third kappa shape index (κ3) is 53.0. The van der Waals surface area contributed by atoms with E-state index in [0.29, 0.717) is 84.7 Å². The summed E-state index contributed by atoms with van der Waals surface area (Å²) in [5, 5.41) is 32.5. The summed E-state index contributed by atoms with van der Waals surface area (Å²) in [6, 6.07) is 58.4. The van der Waals surface area contributed by atoms with Crippen molar-refractivity contribution in [2.24, 2.45) is 4.99 Å². The van der Waals surface area contributed by atoms with E-state index >= 15 is 0 Å². The SMILES string of the molecule is C.CI.COc1ccc(N)cc1.COc1ccc(NC(=O)Nc2ccc(Cl)c(C)c2)cc1.Cc1cc(N)ccc1Cl.Cc1cc(N=C=O)ccc1Cl.Cc1cc(NC(=O)Nc2ccc(O)cc2)ccc1Cl.II.I[I-]I.[2H]C([2H])([2H])NC(=O)c1cc(C)ccn1.[2H]C([2H])([2H])NC(=O)c1cc(Oc2ccc(NC(=O)Nc3ccc(Cl)c(C)c3)cc2)ccn1.[I][V]([I])[I].[V]. The van der Waals surface area contributed by atoms with Gasteiger partial charge in [0.05, 0.1) is 19.9 Å². The predicted octanol–water partition coefficient (Wildman–Crippen LogP) is 24.9. The number of aliphatic imine (C=N–C) groups is 1. The van der Waals surface area contributed by atoms with E-state index in [1.807, 2.05) is 74.4 Å². The van der Waals surface area contributed by atoms with Crippen molar-refractivity contribution in [3.05, 3.63) is 295 Å². The van der Waals surface area contributed by atoms with Gasteiger partial charge in [0.2, 0.25) is 6.08 Å². The van der Waals surface area contributed by atoms with Crippen molar-refractivity contribution in [3.8, 4) is 28.7 Å². The van der Waals surface area contributed by atoms with Gasteiger partial charge in [0.1, 0.15) is 40.1 Å². The Morgan fingerprint density at radius 2 is 0.760 bits per heavy atom. The molecule has 0 bridgehead atoms. The standard InChI is InChI=1S/C21H19ClN4O3.C15H15ClN2O2.C14H13ClN2O2.C8H6ClNO.C8H10N2O.C7H8ClN.C7H9NO.CH3I.CH4.I3.I2.3HI.2V/c1-13-11-15(5-8-18(13)22)26-21(28)25-14-3-6-16(7-4-14)29-17-9-10-24-19(12-17)20(27)23-2;1-10-9-12(5-8-14(10)16)18-15(19)17-11-3-6-13(20-2)7-4-11;1-9-8-11(4-7-13(9)15)17-14(19)16-10-2-5-12(18)6-3-10;1-6-4-7(10-5-11)2-3-8(6)9;1-6-3-4-10-7(5-6)8(11)9-2;1-5-4-6(9)2-3-7(5)8;1-9-7-4-2-6(8)3-5-7;1-2;;1-3-2;1-2;;;;;/h3-12H,1-2H3,(H,23,27)(H2,25,26,28);3-9H,1-2H3,(H2,17,18,19);2-8,18H,1H3,(H2,16,17,19);2-4H,1H3;3-5H,1-2H3,(H,9,11);2-4H,9H2,1H3;2-5H,8H2,1H3;1H3;1H4;;;3*1H;;/q;;;;;;;;;-1;;;;;;+3/p-3/i2D3;;;;2D3;;;;;;;;;;;. The molecule has 0 aliphatic carbocycles. The van der Waals surface area contributed by atoms with Gasteiger partial charge in [0.25, 0.3) is 11.8 Å². The Morgan fingerprint density at radius 3 is 1.10 bits per heavy atom. The molecule has 0 spiro atoms. The molecule has 649 valence electrons. The third-order valence-electron chi connectivity index (χ3n) is 14.0. The predicted molar refractivity (Wildman–Crippen MR) is 561 cm³/mol. The first kappa shape index (κ1) is 107. The molecule has 0 atom stereocenters. The van der Waals surface area contributed by atoms with Crippen LogP contribution in [0.4, 0.5) is 65.6 Å². The summed E-state index contributed by atoms with van der Waals surface area (Å²) in [5.41, 5.74) is 22.3. The third-order valence-corrected chi connectivity index (χ3v) is 16.1. The number of phenols is 1. The van der Waals surface area contributed by atoms with E-state index in [0.717, 1.165) is 61.3 Å². The number of amides is 8. The molecule has 23 nitrogen and oxygen atoms in total. The normalized spacial score (nSPS) is 10.2. The number of anilines is 8. The molecule has 11 rings (SSSR count). The molecule has 2 aromatic heterocycles. The number of aromatic nitrogens is 2. The van der Waals surface area contributed by atoms with Gasteiger partial charge in [-0.05, 0) is 286 Å². The smallest absolute Gasteiger partial charge is 0 e. The van der Waals surface area contributed by atoms with Crippen LogP contribution in [0.25, 0.3) is 0 Å². The second-order valence-electron chi connectivity index (χ2n) is 22.7. The molecule has 0 saturated heterocycles. The second kappa shape index (κ2) is 69.5. The minimum absolute atomic E-state index is 0. The van der Waals surface area contributed by atoms with Gasteiger partial charge in [0.15, 0.2) is 0 Å². The number of hydrogen-bond donors (Lipinski definition) is 11. The molecule has 8 amide bonds. The van der Waals surface area contributed by atoms with E-state index in [1.165, 1.54) is 48.8 Å². The fraction of sp³-hybridized carbons (Fsp3) is 0.146. The minimum atomic E-state index is -2.61. The molecule has 11 aromatic rings. The molecule has 0 fully saturated rings. The average molecular weight is 2840 g/mol. The molecule has 0 aliphatic heterocycles. The summed E-state index contributed by atoms with van der Waals surface area (Å²) in [6.45, 7) is 6.09. The summed E-state index contributed by atoms with van der Waals surface area (Å²) in [5.74, 6) is 0.947. The molecule has 39 heteroatoms. The van der Waals surface area contributed by atoms with E-state index in [2.05, 4.69) is 204 Å². The number of alkyl halides is 1. The number of nitrogen functional groups attached to an aromatic ring is 2. The van der Waals surface area contributed by atoms with Gasteiger partial charge in [-0.2, -0.15) is 4.99 Å². The number of rotatable bonds is 13. The van der Waals surface area contributed by atoms with Crippen LogP contribution in [0.15, 0.2) is 230 Å². The number of pyridine rings is 2. The number of aromatic hydroxyl groups is 1. The number of phenolic OH excluding ortho intramolecular Hbond substituents is 1. The zero-order valence-corrected chi connectivity index (χ0v) is 90.7. The maximum Gasteiger partial charge on any atom is 0 e. The van der Waals surface area contributed by atoms with Crippen LogP contribution in [0.5, 0.6) is 28.7 Å². The van der Waals surface area contributed by atoms with Crippen LogP contribution in [-0.2, 0) is 28.3 Å². The number of nitrogens with zero attached hydrogens (tertiary/aromatic N) is 3. The van der Waals surface area contributed by atoms with Gasteiger partial charge in [0, 0.05) is 167 Å². The number of carbonyl (C=O) groups excluding carboxylic acids is 6. The Bertz CT molecular complexity index is 5230. The van der Waals surface area contributed by atoms with E-state index in [9.17, 15) is 28.8 Å². The molecular weight excluding hydrogens is 2750 g/mol. The van der Waals surface area contributed by atoms with Gasteiger partial charge >= 0.3 is 133 Å². The van der Waals surface area contributed by atoms with E-state index in [4.69, 9.17) is 97.0 Å². The summed E-state index contributed by atoms with van der Waals surface area (Å²) in [7, 11) is 3.23. The van der Waals surface area contributed by atoms with E-state index in [-0.39, 0.29) is 60.1 Å². The molecule has 2 heterocycles. The minimum Gasteiger partial charge on any atom is 0 e. The number of nitrogens with one attached hydrogen (secondary N) is 8. The van der Waals surface area contributed by atoms with Gasteiger partial charge < -0.3 is 73.3 Å². The largest absolute Gasteiger partial charge is 0 e. The molecule has 0 unspecified atom stereocenters. The number of hydrogen-bond acceptors (Lipinski definition) is 15. The van der Waals surface area contributed by atoms with E-state index in [1.54, 1.807) is 179 Å². The Labute approximate surface area is 857 Å². The van der Waals surface area contributed by atoms with Crippen molar-refractivity contribution in [2.75, 3.05) is 76.5 Å². The summed E-state index contributed by atoms with van der Waals surface area (Å²) in [4.78, 5) is 81.6. The molecule has 0 aliphatic rings. The number of methoxy groups -OCH3 is 2. The van der Waals surface area contributed by atoms with Crippen LogP contribution in [0.2, 0.25) is 25.1 Å². The number of benzene rings is 9. The van der Waals surface area contributed by atoms with Crippen molar-refractivity contribution >= 4 is 302 Å². The molecule has 13 N–H and O–H groups in total. The van der Waals surface area contributed by atoms with E-state index < -0.39 is 31.8 Å². The van der Waals surface area contributed by atoms with Gasteiger partial charge in [-0.3, -0.25) is 19.6 Å². The topological polar surface area (TPSA) is 337 Å². The van der Waals surface area contributed by atoms with Crippen molar-refractivity contribution in [2.45, 2.75) is 49.0 Å². The molecule has 0 saturated carbocycles. The van der Waals surface area contributed by atoms with Crippen molar-refractivity contribution in [1.29, 1.82) is 0 Å². The summed E-state index contributed by atoms with van der Waals surface area (Å²) >= 11 is 48.4. The Kier molecular flexibility index (Phi) is 61.4. The van der Waals surface area contributed by atoms with Crippen molar-refractivity contribution in [1.82, 2.24) is 20.6 Å². The number of urea groups is 3. The van der Waals surface area contributed by atoms with Crippen LogP contribution in [0, 0.1) is 41.5 Å². The quantitative estimate of drug-likeness (QED) is 0.0128. The van der Waals surface area contributed by atoms with Gasteiger partial charge in [-0.15, -0.1) is 0 Å². The zero-order chi connectivity index (χ0) is 94.5. The first-order chi connectivity index (χ1) is 59.0. The monoisotopic (exact) mass is 2840 g/mol. The fourth-order valence-electron chi connectivity index (χ4n) is 8.42. The maximum absolute atomic E-state index is 12.2.